The minimum Gasteiger partial charge on any atom is -0.329 e. The zero-order valence-corrected chi connectivity index (χ0v) is 14.2. The monoisotopic (exact) mass is 352 g/mol. The summed E-state index contributed by atoms with van der Waals surface area (Å²) < 4.78 is 15.9. The lowest BCUT2D eigenvalue weighted by Crippen LogP contribution is -2.40. The molecular weight excluding hydrogens is 335 g/mol. The predicted octanol–water partition coefficient (Wildman–Crippen LogP) is 2.14. The SMILES string of the molecule is Cc1ccc(C(=O)N2CCn3c(nn(-c4ccc(F)cc4)c3=O)C2)cc1. The Kier molecular flexibility index (Phi) is 3.91. The molecule has 0 unspecified atom stereocenters. The normalized spacial score (nSPS) is 13.5. The summed E-state index contributed by atoms with van der Waals surface area (Å²) in [6, 6.07) is 13.0. The average Bonchev–Trinajstić information content (AvgIpc) is 2.98. The van der Waals surface area contributed by atoms with Crippen LogP contribution in [0.4, 0.5) is 4.39 Å². The Bertz CT molecular complexity index is 1020. The van der Waals surface area contributed by atoms with Crippen molar-refractivity contribution in [3.05, 3.63) is 81.8 Å². The summed E-state index contributed by atoms with van der Waals surface area (Å²) >= 11 is 0. The lowest BCUT2D eigenvalue weighted by molar-refractivity contribution is 0.0706. The van der Waals surface area contributed by atoms with Crippen molar-refractivity contribution in [3.8, 4) is 5.69 Å². The van der Waals surface area contributed by atoms with E-state index < -0.39 is 0 Å². The number of carbonyl (C=O) groups excluding carboxylic acids is 1. The zero-order valence-electron chi connectivity index (χ0n) is 14.2. The van der Waals surface area contributed by atoms with Gasteiger partial charge in [0.2, 0.25) is 0 Å². The van der Waals surface area contributed by atoms with E-state index in [0.717, 1.165) is 5.56 Å². The van der Waals surface area contributed by atoms with Gasteiger partial charge in [0.25, 0.3) is 5.91 Å². The molecule has 1 aliphatic heterocycles. The van der Waals surface area contributed by atoms with E-state index in [1.54, 1.807) is 21.6 Å². The van der Waals surface area contributed by atoms with Crippen LogP contribution < -0.4 is 5.69 Å². The molecule has 0 saturated carbocycles. The summed E-state index contributed by atoms with van der Waals surface area (Å²) in [6.45, 7) is 3.05. The van der Waals surface area contributed by atoms with Gasteiger partial charge < -0.3 is 4.90 Å². The minimum atomic E-state index is -0.374. The third kappa shape index (κ3) is 2.81. The molecule has 0 N–H and O–H groups in total. The second-order valence-corrected chi connectivity index (χ2v) is 6.33. The molecule has 0 fully saturated rings. The Labute approximate surface area is 149 Å². The number of carbonyl (C=O) groups is 1. The van der Waals surface area contributed by atoms with Crippen molar-refractivity contribution in [2.75, 3.05) is 6.54 Å². The molecule has 0 radical (unpaired) electrons. The molecule has 0 atom stereocenters. The summed E-state index contributed by atoms with van der Waals surface area (Å²) in [6.07, 6.45) is 0. The van der Waals surface area contributed by atoms with Gasteiger partial charge in [-0.2, -0.15) is 4.68 Å². The van der Waals surface area contributed by atoms with Crippen molar-refractivity contribution in [2.24, 2.45) is 0 Å². The highest BCUT2D eigenvalue weighted by Gasteiger charge is 2.26. The standard InChI is InChI=1S/C19H17FN4O2/c1-13-2-4-14(5-3-13)18(25)22-10-11-23-17(12-22)21-24(19(23)26)16-8-6-15(20)7-9-16/h2-9H,10-12H2,1H3. The summed E-state index contributed by atoms with van der Waals surface area (Å²) in [5, 5.41) is 4.34. The quantitative estimate of drug-likeness (QED) is 0.710. The first-order valence-corrected chi connectivity index (χ1v) is 8.33. The third-order valence-corrected chi connectivity index (χ3v) is 4.52. The Morgan fingerprint density at radius 1 is 1.04 bits per heavy atom. The molecular formula is C19H17FN4O2. The summed E-state index contributed by atoms with van der Waals surface area (Å²) in [5.41, 5.74) is 1.92. The highest BCUT2D eigenvalue weighted by molar-refractivity contribution is 5.94. The van der Waals surface area contributed by atoms with Crippen LogP contribution in [0, 0.1) is 12.7 Å². The highest BCUT2D eigenvalue weighted by atomic mass is 19.1. The summed E-state index contributed by atoms with van der Waals surface area (Å²) in [7, 11) is 0. The van der Waals surface area contributed by atoms with Gasteiger partial charge in [-0.25, -0.2) is 9.18 Å². The Balaban J connectivity index is 1.62. The maximum Gasteiger partial charge on any atom is 0.350 e. The summed E-state index contributed by atoms with van der Waals surface area (Å²) in [4.78, 5) is 26.9. The molecule has 1 aromatic heterocycles. The second kappa shape index (κ2) is 6.25. The number of hydrogen-bond acceptors (Lipinski definition) is 3. The van der Waals surface area contributed by atoms with E-state index in [9.17, 15) is 14.0 Å². The van der Waals surface area contributed by atoms with Gasteiger partial charge in [-0.3, -0.25) is 9.36 Å². The lowest BCUT2D eigenvalue weighted by Gasteiger charge is -2.26. The molecule has 0 saturated heterocycles. The molecule has 7 heteroatoms. The first-order valence-electron chi connectivity index (χ1n) is 8.33. The number of aryl methyl sites for hydroxylation is 1. The van der Waals surface area contributed by atoms with E-state index in [0.29, 0.717) is 30.2 Å². The van der Waals surface area contributed by atoms with E-state index in [1.807, 2.05) is 19.1 Å². The van der Waals surface area contributed by atoms with Crippen LogP contribution in [0.25, 0.3) is 5.69 Å². The molecule has 1 aliphatic rings. The van der Waals surface area contributed by atoms with Gasteiger partial charge in [-0.1, -0.05) is 17.7 Å². The van der Waals surface area contributed by atoms with E-state index >= 15 is 0 Å². The largest absolute Gasteiger partial charge is 0.350 e. The molecule has 6 nitrogen and oxygen atoms in total. The zero-order chi connectivity index (χ0) is 18.3. The van der Waals surface area contributed by atoms with E-state index in [1.165, 1.54) is 28.9 Å². The van der Waals surface area contributed by atoms with E-state index in [2.05, 4.69) is 5.10 Å². The van der Waals surface area contributed by atoms with Crippen molar-refractivity contribution in [1.82, 2.24) is 19.2 Å². The van der Waals surface area contributed by atoms with Gasteiger partial charge in [0.15, 0.2) is 5.82 Å². The molecule has 26 heavy (non-hydrogen) atoms. The second-order valence-electron chi connectivity index (χ2n) is 6.33. The number of benzene rings is 2. The Morgan fingerprint density at radius 2 is 1.73 bits per heavy atom. The van der Waals surface area contributed by atoms with Crippen LogP contribution in [-0.2, 0) is 13.1 Å². The molecule has 0 aliphatic carbocycles. The van der Waals surface area contributed by atoms with Gasteiger partial charge >= 0.3 is 5.69 Å². The third-order valence-electron chi connectivity index (χ3n) is 4.52. The fourth-order valence-corrected chi connectivity index (χ4v) is 3.05. The van der Waals surface area contributed by atoms with Crippen molar-refractivity contribution in [3.63, 3.8) is 0 Å². The topological polar surface area (TPSA) is 60.1 Å². The number of fused-ring (bicyclic) bond motifs is 1. The van der Waals surface area contributed by atoms with E-state index in [4.69, 9.17) is 0 Å². The van der Waals surface area contributed by atoms with Crippen LogP contribution in [0.3, 0.4) is 0 Å². The van der Waals surface area contributed by atoms with Crippen LogP contribution in [0.2, 0.25) is 0 Å². The summed E-state index contributed by atoms with van der Waals surface area (Å²) in [5.74, 6) is 0.0618. The van der Waals surface area contributed by atoms with Crippen LogP contribution in [0.5, 0.6) is 0 Å². The fourth-order valence-electron chi connectivity index (χ4n) is 3.05. The predicted molar refractivity (Wildman–Crippen MR) is 93.7 cm³/mol. The molecule has 0 bridgehead atoms. The molecule has 0 spiro atoms. The minimum absolute atomic E-state index is 0.0833. The lowest BCUT2D eigenvalue weighted by atomic mass is 10.1. The van der Waals surface area contributed by atoms with Gasteiger partial charge in [0, 0.05) is 18.7 Å². The van der Waals surface area contributed by atoms with E-state index in [-0.39, 0.29) is 24.0 Å². The van der Waals surface area contributed by atoms with Crippen LogP contribution in [-0.4, -0.2) is 31.7 Å². The van der Waals surface area contributed by atoms with Gasteiger partial charge in [0.1, 0.15) is 5.82 Å². The molecule has 3 aromatic rings. The van der Waals surface area contributed by atoms with Gasteiger partial charge in [-0.05, 0) is 43.3 Å². The average molecular weight is 352 g/mol. The maximum atomic E-state index is 13.1. The number of hydrogen-bond donors (Lipinski definition) is 0. The molecule has 4 rings (SSSR count). The van der Waals surface area contributed by atoms with Crippen LogP contribution >= 0.6 is 0 Å². The fraction of sp³-hybridized carbons (Fsp3) is 0.211. The van der Waals surface area contributed by atoms with Gasteiger partial charge in [0.05, 0.1) is 12.2 Å². The van der Waals surface area contributed by atoms with Crippen molar-refractivity contribution in [1.29, 1.82) is 0 Å². The number of halogens is 1. The Morgan fingerprint density at radius 3 is 2.42 bits per heavy atom. The first kappa shape index (κ1) is 16.3. The molecule has 132 valence electrons. The van der Waals surface area contributed by atoms with Crippen LogP contribution in [0.1, 0.15) is 21.7 Å². The number of rotatable bonds is 2. The smallest absolute Gasteiger partial charge is 0.329 e. The van der Waals surface area contributed by atoms with Crippen molar-refractivity contribution >= 4 is 5.91 Å². The number of amides is 1. The van der Waals surface area contributed by atoms with Crippen molar-refractivity contribution < 1.29 is 9.18 Å². The molecule has 2 heterocycles. The number of aromatic nitrogens is 3. The number of nitrogens with zero attached hydrogens (tertiary/aromatic N) is 4. The first-order chi connectivity index (χ1) is 12.5. The molecule has 1 amide bonds. The molecule has 2 aromatic carbocycles. The maximum absolute atomic E-state index is 13.1. The van der Waals surface area contributed by atoms with Crippen molar-refractivity contribution in [2.45, 2.75) is 20.0 Å². The van der Waals surface area contributed by atoms with Crippen LogP contribution in [0.15, 0.2) is 53.3 Å². The highest BCUT2D eigenvalue weighted by Crippen LogP contribution is 2.15. The Hall–Kier alpha value is -3.22. The van der Waals surface area contributed by atoms with Gasteiger partial charge in [-0.15, -0.1) is 5.10 Å².